The molecule has 0 aromatic carbocycles. The van der Waals surface area contributed by atoms with E-state index >= 15 is 0 Å². The van der Waals surface area contributed by atoms with Gasteiger partial charge in [-0.25, -0.2) is 0 Å². The van der Waals surface area contributed by atoms with Gasteiger partial charge in [0.15, 0.2) is 0 Å². The molecule has 0 amide bonds. The molecule has 18 heavy (non-hydrogen) atoms. The van der Waals surface area contributed by atoms with Crippen LogP contribution in [0.1, 0.15) is 50.7 Å². The van der Waals surface area contributed by atoms with E-state index in [2.05, 4.69) is 44.1 Å². The van der Waals surface area contributed by atoms with Gasteiger partial charge >= 0.3 is 0 Å². The first-order valence-electron chi connectivity index (χ1n) is 7.07. The fraction of sp³-hybridized carbons (Fsp3) is 0.733. The van der Waals surface area contributed by atoms with Gasteiger partial charge in [0.2, 0.25) is 0 Å². The van der Waals surface area contributed by atoms with Crippen LogP contribution in [0.15, 0.2) is 10.5 Å². The molecule has 1 aromatic heterocycles. The molecule has 0 aliphatic carbocycles. The van der Waals surface area contributed by atoms with Crippen molar-refractivity contribution in [1.82, 2.24) is 10.2 Å². The van der Waals surface area contributed by atoms with E-state index < -0.39 is 0 Å². The molecule has 0 radical (unpaired) electrons. The Hall–Kier alpha value is -0.800. The molecule has 104 valence electrons. The zero-order valence-electron chi connectivity index (χ0n) is 12.5. The van der Waals surface area contributed by atoms with Crippen LogP contribution in [-0.4, -0.2) is 24.5 Å². The van der Waals surface area contributed by atoms with Gasteiger partial charge in [-0.3, -0.25) is 4.90 Å². The Labute approximate surface area is 112 Å². The van der Waals surface area contributed by atoms with Crippen LogP contribution in [0.5, 0.6) is 0 Å². The van der Waals surface area contributed by atoms with Gasteiger partial charge in [-0.15, -0.1) is 0 Å². The summed E-state index contributed by atoms with van der Waals surface area (Å²) in [4.78, 5) is 2.36. The van der Waals surface area contributed by atoms with E-state index in [9.17, 15) is 0 Å². The lowest BCUT2D eigenvalue weighted by atomic mass is 10.1. The number of nitrogens with one attached hydrogen (secondary N) is 1. The summed E-state index contributed by atoms with van der Waals surface area (Å²) in [6.45, 7) is 11.5. The molecule has 1 heterocycles. The van der Waals surface area contributed by atoms with Crippen molar-refractivity contribution in [1.29, 1.82) is 0 Å². The molecule has 0 aliphatic heterocycles. The van der Waals surface area contributed by atoms with Crippen molar-refractivity contribution in [3.05, 3.63) is 23.2 Å². The normalized spacial score (nSPS) is 13.2. The van der Waals surface area contributed by atoms with Gasteiger partial charge < -0.3 is 9.73 Å². The van der Waals surface area contributed by atoms with Crippen LogP contribution in [0.3, 0.4) is 0 Å². The summed E-state index contributed by atoms with van der Waals surface area (Å²) in [5.41, 5.74) is 1.28. The minimum Gasteiger partial charge on any atom is -0.465 e. The average molecular weight is 252 g/mol. The third kappa shape index (κ3) is 4.46. The highest BCUT2D eigenvalue weighted by Crippen LogP contribution is 2.17. The first kappa shape index (κ1) is 15.3. The van der Waals surface area contributed by atoms with Crippen LogP contribution < -0.4 is 5.32 Å². The minimum atomic E-state index is 0.609. The van der Waals surface area contributed by atoms with Crippen molar-refractivity contribution in [2.75, 3.05) is 13.6 Å². The summed E-state index contributed by atoms with van der Waals surface area (Å²) in [6.07, 6.45) is 2.47. The molecule has 1 atom stereocenters. The van der Waals surface area contributed by atoms with Crippen LogP contribution in [0.25, 0.3) is 0 Å². The summed E-state index contributed by atoms with van der Waals surface area (Å²) in [6, 6.07) is 2.80. The molecular weight excluding hydrogens is 224 g/mol. The maximum absolute atomic E-state index is 5.83. The molecule has 3 nitrogen and oxygen atoms in total. The van der Waals surface area contributed by atoms with E-state index in [1.807, 2.05) is 6.92 Å². The Morgan fingerprint density at radius 1 is 1.39 bits per heavy atom. The molecule has 1 N–H and O–H groups in total. The lowest BCUT2D eigenvalue weighted by molar-refractivity contribution is 0.218. The molecule has 3 heteroatoms. The predicted molar refractivity (Wildman–Crippen MR) is 76.7 cm³/mol. The molecule has 0 saturated heterocycles. The molecule has 0 fully saturated rings. The fourth-order valence-corrected chi connectivity index (χ4v) is 2.14. The summed E-state index contributed by atoms with van der Waals surface area (Å²) in [5.74, 6) is 2.12. The van der Waals surface area contributed by atoms with Crippen molar-refractivity contribution in [3.63, 3.8) is 0 Å². The van der Waals surface area contributed by atoms with E-state index in [1.165, 1.54) is 18.4 Å². The summed E-state index contributed by atoms with van der Waals surface area (Å²) < 4.78 is 5.83. The highest BCUT2D eigenvalue weighted by Gasteiger charge is 2.12. The van der Waals surface area contributed by atoms with E-state index in [4.69, 9.17) is 4.42 Å². The number of nitrogens with zero attached hydrogens (tertiary/aromatic N) is 1. The maximum atomic E-state index is 5.83. The van der Waals surface area contributed by atoms with Crippen molar-refractivity contribution in [2.45, 2.75) is 59.7 Å². The Balaban J connectivity index is 2.56. The molecule has 1 unspecified atom stereocenters. The highest BCUT2D eigenvalue weighted by molar-refractivity contribution is 5.20. The number of rotatable bonds is 8. The van der Waals surface area contributed by atoms with Gasteiger partial charge in [0.05, 0.1) is 6.54 Å². The van der Waals surface area contributed by atoms with Gasteiger partial charge in [0.1, 0.15) is 11.5 Å². The van der Waals surface area contributed by atoms with E-state index in [1.54, 1.807) is 0 Å². The quantitative estimate of drug-likeness (QED) is 0.769. The van der Waals surface area contributed by atoms with Crippen LogP contribution in [0.4, 0.5) is 0 Å². The second-order valence-electron chi connectivity index (χ2n) is 5.13. The zero-order valence-corrected chi connectivity index (χ0v) is 12.5. The van der Waals surface area contributed by atoms with Crippen LogP contribution in [0, 0.1) is 6.92 Å². The SMILES string of the molecule is CCCC(C)N(C)Cc1cc(CNCC)c(C)o1. The zero-order chi connectivity index (χ0) is 13.5. The Bertz CT molecular complexity index is 346. The van der Waals surface area contributed by atoms with Gasteiger partial charge in [0, 0.05) is 18.2 Å². The monoisotopic (exact) mass is 252 g/mol. The van der Waals surface area contributed by atoms with Crippen LogP contribution >= 0.6 is 0 Å². The van der Waals surface area contributed by atoms with Crippen molar-refractivity contribution >= 4 is 0 Å². The number of hydrogen-bond donors (Lipinski definition) is 1. The Morgan fingerprint density at radius 2 is 2.11 bits per heavy atom. The summed E-state index contributed by atoms with van der Waals surface area (Å²) >= 11 is 0. The minimum absolute atomic E-state index is 0.609. The lowest BCUT2D eigenvalue weighted by Crippen LogP contribution is -2.28. The average Bonchev–Trinajstić information content (AvgIpc) is 2.67. The molecule has 1 rings (SSSR count). The maximum Gasteiger partial charge on any atom is 0.118 e. The molecule has 0 spiro atoms. The Kier molecular flexibility index (Phi) is 6.44. The van der Waals surface area contributed by atoms with Crippen molar-refractivity contribution < 1.29 is 4.42 Å². The second kappa shape index (κ2) is 7.59. The lowest BCUT2D eigenvalue weighted by Gasteiger charge is -2.23. The van der Waals surface area contributed by atoms with Crippen molar-refractivity contribution in [2.24, 2.45) is 0 Å². The number of hydrogen-bond acceptors (Lipinski definition) is 3. The summed E-state index contributed by atoms with van der Waals surface area (Å²) in [7, 11) is 2.17. The highest BCUT2D eigenvalue weighted by atomic mass is 16.3. The van der Waals surface area contributed by atoms with Crippen LogP contribution in [-0.2, 0) is 13.1 Å². The third-order valence-corrected chi connectivity index (χ3v) is 3.50. The predicted octanol–water partition coefficient (Wildman–Crippen LogP) is 3.32. The van der Waals surface area contributed by atoms with Crippen LogP contribution in [0.2, 0.25) is 0 Å². The molecule has 0 bridgehead atoms. The molecule has 0 saturated carbocycles. The van der Waals surface area contributed by atoms with Crippen molar-refractivity contribution in [3.8, 4) is 0 Å². The standard InChI is InChI=1S/C15H28N2O/c1-6-8-12(3)17(5)11-15-9-14(10-16-7-2)13(4)18-15/h9,12,16H,6-8,10-11H2,1-5H3. The van der Waals surface area contributed by atoms with Gasteiger partial charge in [-0.2, -0.15) is 0 Å². The van der Waals surface area contributed by atoms with E-state index in [0.717, 1.165) is 31.2 Å². The topological polar surface area (TPSA) is 28.4 Å². The van der Waals surface area contributed by atoms with Gasteiger partial charge in [-0.05, 0) is 39.9 Å². The molecule has 1 aromatic rings. The number of furan rings is 1. The summed E-state index contributed by atoms with van der Waals surface area (Å²) in [5, 5.41) is 3.34. The second-order valence-corrected chi connectivity index (χ2v) is 5.13. The largest absolute Gasteiger partial charge is 0.465 e. The first-order valence-corrected chi connectivity index (χ1v) is 7.07. The number of aryl methyl sites for hydroxylation is 1. The molecule has 0 aliphatic rings. The fourth-order valence-electron chi connectivity index (χ4n) is 2.14. The Morgan fingerprint density at radius 3 is 2.72 bits per heavy atom. The smallest absolute Gasteiger partial charge is 0.118 e. The first-order chi connectivity index (χ1) is 8.58. The van der Waals surface area contributed by atoms with Gasteiger partial charge in [0.25, 0.3) is 0 Å². The molecular formula is C15H28N2O. The van der Waals surface area contributed by atoms with E-state index in [0.29, 0.717) is 6.04 Å². The van der Waals surface area contributed by atoms with E-state index in [-0.39, 0.29) is 0 Å². The van der Waals surface area contributed by atoms with Gasteiger partial charge in [-0.1, -0.05) is 20.3 Å². The third-order valence-electron chi connectivity index (χ3n) is 3.50.